The van der Waals surface area contributed by atoms with Crippen molar-refractivity contribution >= 4 is 27.3 Å². The highest BCUT2D eigenvalue weighted by atomic mass is 35.5. The Bertz CT molecular complexity index is 1140. The van der Waals surface area contributed by atoms with E-state index >= 15 is 0 Å². The van der Waals surface area contributed by atoms with Crippen LogP contribution >= 0.6 is 11.6 Å². The number of amides is 1. The monoisotopic (exact) mass is 443 g/mol. The molecule has 0 spiro atoms. The molecule has 3 aromatic rings. The van der Waals surface area contributed by atoms with Gasteiger partial charge in [-0.1, -0.05) is 48.0 Å². The van der Waals surface area contributed by atoms with Crippen LogP contribution in [0.1, 0.15) is 34.5 Å². The number of hydrogen-bond donors (Lipinski definition) is 1. The Morgan fingerprint density at radius 3 is 2.40 bits per heavy atom. The van der Waals surface area contributed by atoms with Crippen molar-refractivity contribution in [3.05, 3.63) is 94.5 Å². The Hall–Kier alpha value is -2.83. The van der Waals surface area contributed by atoms with Crippen molar-refractivity contribution < 1.29 is 17.9 Å². The van der Waals surface area contributed by atoms with Crippen molar-refractivity contribution in [1.82, 2.24) is 5.32 Å². The summed E-state index contributed by atoms with van der Waals surface area (Å²) in [6, 6.07) is 20.5. The molecule has 0 unspecified atom stereocenters. The van der Waals surface area contributed by atoms with E-state index in [-0.39, 0.29) is 16.8 Å². The smallest absolute Gasteiger partial charge is 0.251 e. The van der Waals surface area contributed by atoms with Crippen LogP contribution in [0.5, 0.6) is 5.75 Å². The summed E-state index contributed by atoms with van der Waals surface area (Å²) in [5.74, 6) is 0.311. The zero-order valence-electron chi connectivity index (χ0n) is 16.6. The van der Waals surface area contributed by atoms with Gasteiger partial charge in [0, 0.05) is 22.4 Å². The van der Waals surface area contributed by atoms with Gasteiger partial charge in [-0.3, -0.25) is 4.79 Å². The number of halogens is 1. The van der Waals surface area contributed by atoms with Crippen molar-refractivity contribution in [2.75, 3.05) is 6.26 Å². The maximum absolute atomic E-state index is 12.7. The first kappa shape index (κ1) is 21.9. The fourth-order valence-corrected chi connectivity index (χ4v) is 3.69. The van der Waals surface area contributed by atoms with Crippen LogP contribution in [0.3, 0.4) is 0 Å². The van der Waals surface area contributed by atoms with E-state index in [4.69, 9.17) is 16.3 Å². The first-order valence-corrected chi connectivity index (χ1v) is 11.6. The van der Waals surface area contributed by atoms with Gasteiger partial charge in [-0.25, -0.2) is 8.42 Å². The molecule has 1 atom stereocenters. The minimum atomic E-state index is -3.25. The summed E-state index contributed by atoms with van der Waals surface area (Å²) < 4.78 is 28.9. The van der Waals surface area contributed by atoms with Crippen LogP contribution in [0.4, 0.5) is 0 Å². The SMILES string of the molecule is C[C@H](NC(=O)c1cccc(OCc2ccccc2Cl)c1)c1ccc(S(C)(=O)=O)cc1. The van der Waals surface area contributed by atoms with Gasteiger partial charge in [0.2, 0.25) is 0 Å². The summed E-state index contributed by atoms with van der Waals surface area (Å²) in [7, 11) is -3.25. The van der Waals surface area contributed by atoms with Crippen LogP contribution < -0.4 is 10.1 Å². The Morgan fingerprint density at radius 2 is 1.73 bits per heavy atom. The molecular weight excluding hydrogens is 422 g/mol. The van der Waals surface area contributed by atoms with Gasteiger partial charge >= 0.3 is 0 Å². The molecule has 7 heteroatoms. The van der Waals surface area contributed by atoms with E-state index in [2.05, 4.69) is 5.32 Å². The quantitative estimate of drug-likeness (QED) is 0.568. The third-order valence-corrected chi connectivity index (χ3v) is 6.10. The molecule has 156 valence electrons. The van der Waals surface area contributed by atoms with Gasteiger partial charge in [0.15, 0.2) is 9.84 Å². The van der Waals surface area contributed by atoms with Crippen LogP contribution in [-0.4, -0.2) is 20.6 Å². The lowest BCUT2D eigenvalue weighted by molar-refractivity contribution is 0.0939. The van der Waals surface area contributed by atoms with Crippen molar-refractivity contribution in [3.63, 3.8) is 0 Å². The van der Waals surface area contributed by atoms with Crippen LogP contribution in [0.2, 0.25) is 5.02 Å². The first-order chi connectivity index (χ1) is 14.2. The average molecular weight is 444 g/mol. The zero-order valence-corrected chi connectivity index (χ0v) is 18.2. The van der Waals surface area contributed by atoms with E-state index in [1.807, 2.05) is 25.1 Å². The molecule has 0 bridgehead atoms. The molecule has 0 fully saturated rings. The molecule has 1 N–H and O–H groups in total. The van der Waals surface area contributed by atoms with Crippen LogP contribution in [-0.2, 0) is 16.4 Å². The van der Waals surface area contributed by atoms with Gasteiger partial charge in [-0.2, -0.15) is 0 Å². The third-order valence-electron chi connectivity index (χ3n) is 4.60. The molecule has 30 heavy (non-hydrogen) atoms. The number of benzene rings is 3. The topological polar surface area (TPSA) is 72.5 Å². The second-order valence-electron chi connectivity index (χ2n) is 6.94. The van der Waals surface area contributed by atoms with E-state index < -0.39 is 9.84 Å². The zero-order chi connectivity index (χ0) is 21.7. The Kier molecular flexibility index (Phi) is 6.80. The average Bonchev–Trinajstić information content (AvgIpc) is 2.73. The highest BCUT2D eigenvalue weighted by Crippen LogP contribution is 2.21. The number of rotatable bonds is 7. The van der Waals surface area contributed by atoms with E-state index in [1.54, 1.807) is 42.5 Å². The number of sulfone groups is 1. The molecule has 5 nitrogen and oxygen atoms in total. The van der Waals surface area contributed by atoms with E-state index in [0.29, 0.717) is 22.9 Å². The summed E-state index contributed by atoms with van der Waals surface area (Å²) in [4.78, 5) is 12.9. The molecule has 0 radical (unpaired) electrons. The van der Waals surface area contributed by atoms with E-state index in [1.165, 1.54) is 12.1 Å². The maximum atomic E-state index is 12.7. The molecule has 0 aliphatic rings. The highest BCUT2D eigenvalue weighted by molar-refractivity contribution is 7.90. The Balaban J connectivity index is 1.65. The van der Waals surface area contributed by atoms with Crippen LogP contribution in [0.15, 0.2) is 77.7 Å². The van der Waals surface area contributed by atoms with Gasteiger partial charge < -0.3 is 10.1 Å². The molecule has 0 saturated heterocycles. The fourth-order valence-electron chi connectivity index (χ4n) is 2.87. The van der Waals surface area contributed by atoms with Crippen molar-refractivity contribution in [2.45, 2.75) is 24.5 Å². The van der Waals surface area contributed by atoms with Gasteiger partial charge in [0.1, 0.15) is 12.4 Å². The standard InChI is InChI=1S/C23H22ClNO4S/c1-16(17-10-12-21(13-11-17)30(2,27)28)25-23(26)18-7-5-8-20(14-18)29-15-19-6-3-4-9-22(19)24/h3-14,16H,15H2,1-2H3,(H,25,26)/t16-/m0/s1. The van der Waals surface area contributed by atoms with E-state index in [9.17, 15) is 13.2 Å². The summed E-state index contributed by atoms with van der Waals surface area (Å²) in [5, 5.41) is 3.54. The number of hydrogen-bond acceptors (Lipinski definition) is 4. The van der Waals surface area contributed by atoms with Crippen LogP contribution in [0, 0.1) is 0 Å². The summed E-state index contributed by atoms with van der Waals surface area (Å²) in [5.41, 5.74) is 2.13. The molecule has 0 aliphatic carbocycles. The second kappa shape index (κ2) is 9.32. The molecule has 3 rings (SSSR count). The summed E-state index contributed by atoms with van der Waals surface area (Å²) in [6.45, 7) is 2.14. The predicted octanol–water partition coefficient (Wildman–Crippen LogP) is 4.81. The van der Waals surface area contributed by atoms with Gasteiger partial charge in [-0.15, -0.1) is 0 Å². The van der Waals surface area contributed by atoms with Crippen molar-refractivity contribution in [1.29, 1.82) is 0 Å². The molecule has 0 heterocycles. The predicted molar refractivity (Wildman–Crippen MR) is 118 cm³/mol. The molecular formula is C23H22ClNO4S. The molecule has 0 saturated carbocycles. The minimum absolute atomic E-state index is 0.244. The first-order valence-electron chi connectivity index (χ1n) is 9.31. The summed E-state index contributed by atoms with van der Waals surface area (Å²) >= 11 is 6.14. The largest absolute Gasteiger partial charge is 0.489 e. The van der Waals surface area contributed by atoms with Gasteiger partial charge in [0.05, 0.1) is 10.9 Å². The Labute approximate surface area is 181 Å². The molecule has 0 aliphatic heterocycles. The molecule has 0 aromatic heterocycles. The summed E-state index contributed by atoms with van der Waals surface area (Å²) in [6.07, 6.45) is 1.16. The maximum Gasteiger partial charge on any atom is 0.251 e. The van der Waals surface area contributed by atoms with Crippen LogP contribution in [0.25, 0.3) is 0 Å². The fraction of sp³-hybridized carbons (Fsp3) is 0.174. The lowest BCUT2D eigenvalue weighted by Crippen LogP contribution is -2.26. The molecule has 1 amide bonds. The number of carbonyl (C=O) groups is 1. The normalized spacial score (nSPS) is 12.2. The lowest BCUT2D eigenvalue weighted by atomic mass is 10.1. The lowest BCUT2D eigenvalue weighted by Gasteiger charge is -2.15. The number of ether oxygens (including phenoxy) is 1. The van der Waals surface area contributed by atoms with E-state index in [0.717, 1.165) is 17.4 Å². The third kappa shape index (κ3) is 5.62. The highest BCUT2D eigenvalue weighted by Gasteiger charge is 2.14. The van der Waals surface area contributed by atoms with Crippen molar-refractivity contribution in [2.24, 2.45) is 0 Å². The van der Waals surface area contributed by atoms with Crippen molar-refractivity contribution in [3.8, 4) is 5.75 Å². The minimum Gasteiger partial charge on any atom is -0.489 e. The number of nitrogens with one attached hydrogen (secondary N) is 1. The molecule has 3 aromatic carbocycles. The second-order valence-corrected chi connectivity index (χ2v) is 9.37. The number of carbonyl (C=O) groups excluding carboxylic acids is 1. The van der Waals surface area contributed by atoms with Gasteiger partial charge in [-0.05, 0) is 48.9 Å². The van der Waals surface area contributed by atoms with Gasteiger partial charge in [0.25, 0.3) is 5.91 Å². The Morgan fingerprint density at radius 1 is 1.03 bits per heavy atom.